The SMILES string of the molecule is CCS(=O)(=O)c1ccc(C(=O)Nc2ccc(OC(C)C)cc2C)cc1. The molecule has 0 heterocycles. The molecule has 0 bridgehead atoms. The Morgan fingerprint density at radius 2 is 1.76 bits per heavy atom. The third kappa shape index (κ3) is 4.82. The summed E-state index contributed by atoms with van der Waals surface area (Å²) in [6, 6.07) is 11.4. The molecule has 0 radical (unpaired) electrons. The van der Waals surface area contributed by atoms with E-state index in [-0.39, 0.29) is 22.7 Å². The van der Waals surface area contributed by atoms with E-state index in [4.69, 9.17) is 4.74 Å². The summed E-state index contributed by atoms with van der Waals surface area (Å²) in [5.74, 6) is 0.489. The van der Waals surface area contributed by atoms with Crippen LogP contribution in [0.1, 0.15) is 36.7 Å². The molecule has 1 amide bonds. The topological polar surface area (TPSA) is 72.5 Å². The van der Waals surface area contributed by atoms with Crippen LogP contribution in [-0.4, -0.2) is 26.2 Å². The van der Waals surface area contributed by atoms with Crippen LogP contribution >= 0.6 is 0 Å². The lowest BCUT2D eigenvalue weighted by atomic mass is 10.1. The number of nitrogens with one attached hydrogen (secondary N) is 1. The van der Waals surface area contributed by atoms with Gasteiger partial charge in [-0.15, -0.1) is 0 Å². The molecule has 0 fully saturated rings. The molecule has 5 nitrogen and oxygen atoms in total. The molecule has 2 aromatic carbocycles. The summed E-state index contributed by atoms with van der Waals surface area (Å²) >= 11 is 0. The Balaban J connectivity index is 2.14. The molecule has 0 saturated carbocycles. The minimum Gasteiger partial charge on any atom is -0.491 e. The van der Waals surface area contributed by atoms with Gasteiger partial charge in [0.15, 0.2) is 9.84 Å². The fourth-order valence-corrected chi connectivity index (χ4v) is 3.18. The Bertz CT molecular complexity index is 855. The molecular formula is C19H23NO4S. The Morgan fingerprint density at radius 3 is 2.28 bits per heavy atom. The zero-order valence-electron chi connectivity index (χ0n) is 14.9. The average molecular weight is 361 g/mol. The van der Waals surface area contributed by atoms with Crippen molar-refractivity contribution in [1.29, 1.82) is 0 Å². The van der Waals surface area contributed by atoms with Crippen molar-refractivity contribution in [2.45, 2.75) is 38.7 Å². The quantitative estimate of drug-likeness (QED) is 0.849. The number of ether oxygens (including phenoxy) is 1. The number of carbonyl (C=O) groups is 1. The Morgan fingerprint density at radius 1 is 1.12 bits per heavy atom. The van der Waals surface area contributed by atoms with Gasteiger partial charge in [0, 0.05) is 11.3 Å². The smallest absolute Gasteiger partial charge is 0.255 e. The van der Waals surface area contributed by atoms with Gasteiger partial charge in [0.2, 0.25) is 0 Å². The molecular weight excluding hydrogens is 338 g/mol. The lowest BCUT2D eigenvalue weighted by molar-refractivity contribution is 0.102. The van der Waals surface area contributed by atoms with Gasteiger partial charge in [0.25, 0.3) is 5.91 Å². The number of aryl methyl sites for hydroxylation is 1. The molecule has 0 spiro atoms. The predicted octanol–water partition coefficient (Wildman–Crippen LogP) is 3.83. The van der Waals surface area contributed by atoms with Crippen molar-refractivity contribution < 1.29 is 17.9 Å². The van der Waals surface area contributed by atoms with Crippen molar-refractivity contribution in [3.63, 3.8) is 0 Å². The van der Waals surface area contributed by atoms with E-state index in [1.807, 2.05) is 26.8 Å². The van der Waals surface area contributed by atoms with Crippen LogP contribution in [0.2, 0.25) is 0 Å². The summed E-state index contributed by atoms with van der Waals surface area (Å²) in [5.41, 5.74) is 1.97. The standard InChI is InChI=1S/C19H23NO4S/c1-5-25(22,23)17-9-6-15(7-10-17)19(21)20-18-11-8-16(12-14(18)4)24-13(2)3/h6-13H,5H2,1-4H3,(H,20,21). The van der Waals surface area contributed by atoms with Crippen molar-refractivity contribution in [2.24, 2.45) is 0 Å². The van der Waals surface area contributed by atoms with Crippen LogP contribution in [-0.2, 0) is 9.84 Å². The highest BCUT2D eigenvalue weighted by Crippen LogP contribution is 2.23. The number of carbonyl (C=O) groups excluding carboxylic acids is 1. The molecule has 0 aliphatic rings. The Labute approximate surface area is 148 Å². The average Bonchev–Trinajstić information content (AvgIpc) is 2.57. The molecule has 0 aliphatic heterocycles. The molecule has 6 heteroatoms. The fourth-order valence-electron chi connectivity index (χ4n) is 2.30. The summed E-state index contributed by atoms with van der Waals surface area (Å²) in [5, 5.41) is 2.84. The number of benzene rings is 2. The highest BCUT2D eigenvalue weighted by molar-refractivity contribution is 7.91. The van der Waals surface area contributed by atoms with Crippen LogP contribution in [0.25, 0.3) is 0 Å². The maximum absolute atomic E-state index is 12.4. The molecule has 0 aromatic heterocycles. The van der Waals surface area contributed by atoms with Crippen molar-refractivity contribution in [3.8, 4) is 5.75 Å². The van der Waals surface area contributed by atoms with E-state index in [0.717, 1.165) is 11.3 Å². The summed E-state index contributed by atoms with van der Waals surface area (Å²) < 4.78 is 29.3. The minimum atomic E-state index is -3.27. The van der Waals surface area contributed by atoms with E-state index in [1.165, 1.54) is 24.3 Å². The number of rotatable bonds is 6. The second kappa shape index (κ2) is 7.70. The van der Waals surface area contributed by atoms with Crippen LogP contribution in [0, 0.1) is 6.92 Å². The number of sulfone groups is 1. The van der Waals surface area contributed by atoms with Crippen LogP contribution in [0.3, 0.4) is 0 Å². The van der Waals surface area contributed by atoms with E-state index < -0.39 is 9.84 Å². The number of amides is 1. The summed E-state index contributed by atoms with van der Waals surface area (Å²) in [6.07, 6.45) is 0.0813. The lowest BCUT2D eigenvalue weighted by Gasteiger charge is -2.13. The molecule has 0 atom stereocenters. The zero-order chi connectivity index (χ0) is 18.6. The predicted molar refractivity (Wildman–Crippen MR) is 99.1 cm³/mol. The van der Waals surface area contributed by atoms with Gasteiger partial charge in [0.05, 0.1) is 16.8 Å². The second-order valence-electron chi connectivity index (χ2n) is 6.03. The highest BCUT2D eigenvalue weighted by Gasteiger charge is 2.13. The van der Waals surface area contributed by atoms with Gasteiger partial charge in [-0.3, -0.25) is 4.79 Å². The molecule has 0 unspecified atom stereocenters. The summed E-state index contributed by atoms with van der Waals surface area (Å²) in [7, 11) is -3.27. The maximum Gasteiger partial charge on any atom is 0.255 e. The van der Waals surface area contributed by atoms with E-state index in [0.29, 0.717) is 11.3 Å². The van der Waals surface area contributed by atoms with Gasteiger partial charge < -0.3 is 10.1 Å². The third-order valence-corrected chi connectivity index (χ3v) is 5.42. The van der Waals surface area contributed by atoms with Gasteiger partial charge in [-0.2, -0.15) is 0 Å². The lowest BCUT2D eigenvalue weighted by Crippen LogP contribution is -2.13. The molecule has 1 N–H and O–H groups in total. The molecule has 0 saturated heterocycles. The summed E-state index contributed by atoms with van der Waals surface area (Å²) in [6.45, 7) is 7.38. The van der Waals surface area contributed by atoms with Gasteiger partial charge in [-0.05, 0) is 68.8 Å². The first-order valence-corrected chi connectivity index (χ1v) is 9.79. The third-order valence-electron chi connectivity index (χ3n) is 3.67. The normalized spacial score (nSPS) is 11.4. The van der Waals surface area contributed by atoms with Gasteiger partial charge in [-0.1, -0.05) is 6.92 Å². The van der Waals surface area contributed by atoms with Gasteiger partial charge in [0.1, 0.15) is 5.75 Å². The number of hydrogen-bond donors (Lipinski definition) is 1. The first-order chi connectivity index (χ1) is 11.7. The molecule has 2 rings (SSSR count). The largest absolute Gasteiger partial charge is 0.491 e. The first kappa shape index (κ1) is 19.0. The van der Waals surface area contributed by atoms with E-state index in [9.17, 15) is 13.2 Å². The zero-order valence-corrected chi connectivity index (χ0v) is 15.7. The van der Waals surface area contributed by atoms with Gasteiger partial charge in [-0.25, -0.2) is 8.42 Å². The van der Waals surface area contributed by atoms with Crippen molar-refractivity contribution in [2.75, 3.05) is 11.1 Å². The van der Waals surface area contributed by atoms with Crippen molar-refractivity contribution in [3.05, 3.63) is 53.6 Å². The summed E-state index contributed by atoms with van der Waals surface area (Å²) in [4.78, 5) is 12.6. The Hall–Kier alpha value is -2.34. The monoisotopic (exact) mass is 361 g/mol. The Kier molecular flexibility index (Phi) is 5.85. The molecule has 2 aromatic rings. The fraction of sp³-hybridized carbons (Fsp3) is 0.316. The number of hydrogen-bond acceptors (Lipinski definition) is 4. The molecule has 0 aliphatic carbocycles. The highest BCUT2D eigenvalue weighted by atomic mass is 32.2. The van der Waals surface area contributed by atoms with Crippen LogP contribution in [0.4, 0.5) is 5.69 Å². The van der Waals surface area contributed by atoms with E-state index >= 15 is 0 Å². The van der Waals surface area contributed by atoms with E-state index in [2.05, 4.69) is 5.32 Å². The number of anilines is 1. The second-order valence-corrected chi connectivity index (χ2v) is 8.30. The molecule has 25 heavy (non-hydrogen) atoms. The minimum absolute atomic E-state index is 0.0303. The van der Waals surface area contributed by atoms with Crippen molar-refractivity contribution >= 4 is 21.4 Å². The first-order valence-electron chi connectivity index (χ1n) is 8.14. The van der Waals surface area contributed by atoms with E-state index in [1.54, 1.807) is 19.1 Å². The van der Waals surface area contributed by atoms with Crippen LogP contribution in [0.5, 0.6) is 5.75 Å². The maximum atomic E-state index is 12.4. The van der Waals surface area contributed by atoms with Gasteiger partial charge >= 0.3 is 0 Å². The van der Waals surface area contributed by atoms with Crippen LogP contribution < -0.4 is 10.1 Å². The van der Waals surface area contributed by atoms with Crippen molar-refractivity contribution in [1.82, 2.24) is 0 Å². The molecule has 134 valence electrons. The van der Waals surface area contributed by atoms with Crippen LogP contribution in [0.15, 0.2) is 47.4 Å².